The van der Waals surface area contributed by atoms with E-state index in [9.17, 15) is 4.79 Å². The fourth-order valence-electron chi connectivity index (χ4n) is 2.28. The molecule has 0 unspecified atom stereocenters. The predicted molar refractivity (Wildman–Crippen MR) is 91.5 cm³/mol. The molecule has 0 atom stereocenters. The van der Waals surface area contributed by atoms with Crippen LogP contribution in [0.1, 0.15) is 15.9 Å². The quantitative estimate of drug-likeness (QED) is 0.488. The van der Waals surface area contributed by atoms with E-state index in [-0.39, 0.29) is 5.78 Å². The molecule has 0 aliphatic rings. The summed E-state index contributed by atoms with van der Waals surface area (Å²) >= 11 is 15.7. The minimum absolute atomic E-state index is 0.111. The largest absolute Gasteiger partial charge is 0.289 e. The highest BCUT2D eigenvalue weighted by molar-refractivity contribution is 9.10. The Morgan fingerprint density at radius 2 is 1.48 bits per heavy atom. The molecule has 0 fully saturated rings. The van der Waals surface area contributed by atoms with Gasteiger partial charge < -0.3 is 0 Å². The minimum atomic E-state index is -0.111. The molecule has 0 aliphatic heterocycles. The summed E-state index contributed by atoms with van der Waals surface area (Å²) < 4.78 is 0.838. The summed E-state index contributed by atoms with van der Waals surface area (Å²) in [5.41, 5.74) is 1.08. The summed E-state index contributed by atoms with van der Waals surface area (Å²) in [4.78, 5) is 12.8. The van der Waals surface area contributed by atoms with Crippen molar-refractivity contribution in [2.75, 3.05) is 0 Å². The molecular weight excluding hydrogens is 371 g/mol. The monoisotopic (exact) mass is 378 g/mol. The van der Waals surface area contributed by atoms with Crippen LogP contribution in [0.5, 0.6) is 0 Å². The van der Waals surface area contributed by atoms with Gasteiger partial charge in [0.1, 0.15) is 0 Å². The van der Waals surface area contributed by atoms with Crippen molar-refractivity contribution in [3.8, 4) is 0 Å². The Balaban J connectivity index is 2.21. The average Bonchev–Trinajstić information content (AvgIpc) is 2.47. The maximum absolute atomic E-state index is 12.8. The molecule has 0 N–H and O–H groups in total. The zero-order valence-electron chi connectivity index (χ0n) is 10.7. The summed E-state index contributed by atoms with van der Waals surface area (Å²) in [7, 11) is 0. The number of hydrogen-bond donors (Lipinski definition) is 0. The molecular formula is C17H9BrCl2O. The molecule has 4 heteroatoms. The topological polar surface area (TPSA) is 17.1 Å². The van der Waals surface area contributed by atoms with Crippen molar-refractivity contribution in [1.29, 1.82) is 0 Å². The third-order valence-electron chi connectivity index (χ3n) is 3.29. The number of rotatable bonds is 2. The maximum Gasteiger partial charge on any atom is 0.195 e. The Morgan fingerprint density at radius 1 is 0.810 bits per heavy atom. The zero-order chi connectivity index (χ0) is 15.0. The molecule has 0 radical (unpaired) electrons. The number of halogens is 3. The van der Waals surface area contributed by atoms with Gasteiger partial charge in [-0.25, -0.2) is 0 Å². The van der Waals surface area contributed by atoms with Gasteiger partial charge >= 0.3 is 0 Å². The lowest BCUT2D eigenvalue weighted by Gasteiger charge is -2.09. The molecule has 3 rings (SSSR count). The highest BCUT2D eigenvalue weighted by Gasteiger charge is 2.16. The van der Waals surface area contributed by atoms with Crippen molar-refractivity contribution in [2.24, 2.45) is 0 Å². The smallest absolute Gasteiger partial charge is 0.195 e. The van der Waals surface area contributed by atoms with Gasteiger partial charge in [0.05, 0.1) is 5.02 Å². The van der Waals surface area contributed by atoms with Gasteiger partial charge in [0.25, 0.3) is 0 Å². The van der Waals surface area contributed by atoms with E-state index >= 15 is 0 Å². The van der Waals surface area contributed by atoms with Gasteiger partial charge in [0.2, 0.25) is 0 Å². The van der Waals surface area contributed by atoms with Crippen LogP contribution in [0.3, 0.4) is 0 Å². The lowest BCUT2D eigenvalue weighted by Crippen LogP contribution is -2.03. The lowest BCUT2D eigenvalue weighted by molar-refractivity contribution is 0.104. The van der Waals surface area contributed by atoms with E-state index in [1.54, 1.807) is 30.3 Å². The number of hydrogen-bond acceptors (Lipinski definition) is 1. The molecule has 0 heterocycles. The summed E-state index contributed by atoms with van der Waals surface area (Å²) in [6, 6.07) is 16.3. The molecule has 104 valence electrons. The molecule has 0 saturated heterocycles. The van der Waals surface area contributed by atoms with Crippen molar-refractivity contribution in [1.82, 2.24) is 0 Å². The van der Waals surface area contributed by atoms with Gasteiger partial charge in [0.15, 0.2) is 5.78 Å². The fourth-order valence-corrected chi connectivity index (χ4v) is 3.27. The Labute approximate surface area is 140 Å². The second-order valence-electron chi connectivity index (χ2n) is 4.59. The molecule has 0 amide bonds. The third-order valence-corrected chi connectivity index (χ3v) is 4.43. The van der Waals surface area contributed by atoms with Crippen LogP contribution in [0.15, 0.2) is 59.1 Å². The van der Waals surface area contributed by atoms with Crippen molar-refractivity contribution in [3.63, 3.8) is 0 Å². The molecule has 0 aromatic heterocycles. The number of carbonyl (C=O) groups excluding carboxylic acids is 1. The molecule has 0 spiro atoms. The molecule has 21 heavy (non-hydrogen) atoms. The van der Waals surface area contributed by atoms with Crippen molar-refractivity contribution in [2.45, 2.75) is 0 Å². The van der Waals surface area contributed by atoms with Crippen LogP contribution in [0.4, 0.5) is 0 Å². The first kappa shape index (κ1) is 14.6. The predicted octanol–water partition coefficient (Wildman–Crippen LogP) is 6.14. The molecule has 3 aromatic carbocycles. The zero-order valence-corrected chi connectivity index (χ0v) is 13.8. The number of carbonyl (C=O) groups is 1. The van der Waals surface area contributed by atoms with Crippen LogP contribution < -0.4 is 0 Å². The molecule has 0 bridgehead atoms. The first-order valence-corrected chi connectivity index (χ1v) is 7.80. The van der Waals surface area contributed by atoms with Gasteiger partial charge in [-0.05, 0) is 35.7 Å². The van der Waals surface area contributed by atoms with Gasteiger partial charge in [-0.3, -0.25) is 4.79 Å². The van der Waals surface area contributed by atoms with Crippen molar-refractivity contribution in [3.05, 3.63) is 80.2 Å². The van der Waals surface area contributed by atoms with E-state index in [0.717, 1.165) is 15.2 Å². The summed E-state index contributed by atoms with van der Waals surface area (Å²) in [6.45, 7) is 0. The van der Waals surface area contributed by atoms with Gasteiger partial charge in [-0.2, -0.15) is 0 Å². The van der Waals surface area contributed by atoms with Crippen molar-refractivity contribution < 1.29 is 4.79 Å². The Morgan fingerprint density at radius 3 is 2.19 bits per heavy atom. The van der Waals surface area contributed by atoms with Gasteiger partial charge in [-0.15, -0.1) is 0 Å². The lowest BCUT2D eigenvalue weighted by atomic mass is 9.97. The Hall–Kier alpha value is -1.35. The number of benzene rings is 3. The highest BCUT2D eigenvalue weighted by atomic mass is 79.9. The second kappa shape index (κ2) is 5.80. The Kier molecular flexibility index (Phi) is 4.03. The fraction of sp³-hybridized carbons (Fsp3) is 0. The van der Waals surface area contributed by atoms with Crippen LogP contribution in [0.2, 0.25) is 10.0 Å². The van der Waals surface area contributed by atoms with Crippen LogP contribution >= 0.6 is 39.1 Å². The van der Waals surface area contributed by atoms with Crippen LogP contribution in [-0.4, -0.2) is 5.78 Å². The van der Waals surface area contributed by atoms with Crippen LogP contribution in [-0.2, 0) is 0 Å². The van der Waals surface area contributed by atoms with Crippen molar-refractivity contribution >= 4 is 55.7 Å². The van der Waals surface area contributed by atoms with E-state index in [2.05, 4.69) is 15.9 Å². The molecule has 0 saturated carbocycles. The second-order valence-corrected chi connectivity index (χ2v) is 6.32. The summed E-state index contributed by atoms with van der Waals surface area (Å²) in [5.74, 6) is -0.111. The normalized spacial score (nSPS) is 10.8. The van der Waals surface area contributed by atoms with E-state index < -0.39 is 0 Å². The van der Waals surface area contributed by atoms with E-state index in [1.165, 1.54) is 0 Å². The SMILES string of the molecule is O=C(c1ccc(Br)cc1Cl)c1ccc(Cl)c2ccccc12. The van der Waals surface area contributed by atoms with E-state index in [1.807, 2.05) is 24.3 Å². The number of fused-ring (bicyclic) bond motifs is 1. The maximum atomic E-state index is 12.8. The van der Waals surface area contributed by atoms with Crippen LogP contribution in [0.25, 0.3) is 10.8 Å². The molecule has 0 aliphatic carbocycles. The van der Waals surface area contributed by atoms with E-state index in [0.29, 0.717) is 21.2 Å². The first-order valence-electron chi connectivity index (χ1n) is 6.25. The first-order chi connectivity index (χ1) is 10.1. The number of ketones is 1. The standard InChI is InChI=1S/C17H9BrCl2O/c18-10-5-6-14(16(20)9-10)17(21)13-7-8-15(19)12-4-2-1-3-11(12)13/h1-9H. The Bertz CT molecular complexity index is 859. The summed E-state index contributed by atoms with van der Waals surface area (Å²) in [6.07, 6.45) is 0. The van der Waals surface area contributed by atoms with E-state index in [4.69, 9.17) is 23.2 Å². The highest BCUT2D eigenvalue weighted by Crippen LogP contribution is 2.30. The van der Waals surface area contributed by atoms with Gasteiger partial charge in [-0.1, -0.05) is 63.4 Å². The van der Waals surface area contributed by atoms with Gasteiger partial charge in [0, 0.05) is 26.0 Å². The summed E-state index contributed by atoms with van der Waals surface area (Å²) in [5, 5.41) is 2.74. The molecule has 3 aromatic rings. The third kappa shape index (κ3) is 2.71. The minimum Gasteiger partial charge on any atom is -0.289 e. The van der Waals surface area contributed by atoms with Crippen LogP contribution in [0, 0.1) is 0 Å². The molecule has 1 nitrogen and oxygen atoms in total. The average molecular weight is 380 g/mol.